The van der Waals surface area contributed by atoms with Gasteiger partial charge in [-0.1, -0.05) is 12.1 Å². The number of nitriles is 2. The Balaban J connectivity index is 2.61. The minimum atomic E-state index is -0.704. The normalized spacial score (nSPS) is 9.48. The Morgan fingerprint density at radius 2 is 1.74 bits per heavy atom. The molecule has 0 aliphatic heterocycles. The number of nitrogens with one attached hydrogen (secondary N) is 1. The van der Waals surface area contributed by atoms with Crippen molar-refractivity contribution < 1.29 is 9.72 Å². The quantitative estimate of drug-likeness (QED) is 0.653. The largest absolute Gasteiger partial charge is 0.366 e. The van der Waals surface area contributed by atoms with Gasteiger partial charge < -0.3 is 11.1 Å². The van der Waals surface area contributed by atoms with E-state index in [1.807, 2.05) is 0 Å². The van der Waals surface area contributed by atoms with Crippen LogP contribution in [0.25, 0.3) is 0 Å². The summed E-state index contributed by atoms with van der Waals surface area (Å²) in [5.41, 5.74) is 5.14. The Morgan fingerprint density at radius 3 is 2.30 bits per heavy atom. The smallest absolute Gasteiger partial charge is 0.294 e. The predicted octanol–water partition coefficient (Wildman–Crippen LogP) is 2.18. The van der Waals surface area contributed by atoms with Crippen LogP contribution in [0.4, 0.5) is 17.1 Å². The third-order valence-corrected chi connectivity index (χ3v) is 3.04. The van der Waals surface area contributed by atoms with Gasteiger partial charge in [0.1, 0.15) is 17.8 Å². The molecule has 2 aromatic rings. The number of nitrogens with zero attached hydrogens (tertiary/aromatic N) is 3. The number of rotatable bonds is 4. The minimum Gasteiger partial charge on any atom is -0.366 e. The van der Waals surface area contributed by atoms with E-state index in [-0.39, 0.29) is 33.8 Å². The van der Waals surface area contributed by atoms with Gasteiger partial charge in [0.2, 0.25) is 0 Å². The topological polar surface area (TPSA) is 146 Å². The van der Waals surface area contributed by atoms with Crippen LogP contribution in [0, 0.1) is 32.8 Å². The maximum Gasteiger partial charge on any atom is 0.294 e. The summed E-state index contributed by atoms with van der Waals surface area (Å²) in [5, 5.41) is 31.9. The summed E-state index contributed by atoms with van der Waals surface area (Å²) in [5.74, 6) is -0.704. The summed E-state index contributed by atoms with van der Waals surface area (Å²) in [6.45, 7) is 0. The molecule has 2 aromatic carbocycles. The third-order valence-electron chi connectivity index (χ3n) is 3.04. The van der Waals surface area contributed by atoms with Crippen molar-refractivity contribution in [2.45, 2.75) is 0 Å². The molecular weight excluding hydrogens is 298 g/mol. The van der Waals surface area contributed by atoms with E-state index in [9.17, 15) is 14.9 Å². The molecule has 2 rings (SSSR count). The number of amides is 1. The zero-order valence-corrected chi connectivity index (χ0v) is 11.6. The van der Waals surface area contributed by atoms with E-state index in [1.165, 1.54) is 18.2 Å². The summed E-state index contributed by atoms with van der Waals surface area (Å²) < 4.78 is 0. The number of hydrogen-bond acceptors (Lipinski definition) is 6. The lowest BCUT2D eigenvalue weighted by atomic mass is 10.1. The molecule has 0 fully saturated rings. The molecule has 0 saturated carbocycles. The standard InChI is InChI=1S/C15H9N5O3/c16-7-9-5-13(14(20(22)23)6-10(9)8-17)19-12-4-2-1-3-11(12)15(18)21/h1-6,19H,(H2,18,21). The van der Waals surface area contributed by atoms with Gasteiger partial charge in [0.05, 0.1) is 27.3 Å². The molecule has 0 spiro atoms. The highest BCUT2D eigenvalue weighted by Crippen LogP contribution is 2.31. The van der Waals surface area contributed by atoms with Crippen LogP contribution in [0.2, 0.25) is 0 Å². The Kier molecular flexibility index (Phi) is 4.20. The second-order valence-electron chi connectivity index (χ2n) is 4.43. The second-order valence-corrected chi connectivity index (χ2v) is 4.43. The average molecular weight is 307 g/mol. The maximum atomic E-state index is 11.4. The molecule has 23 heavy (non-hydrogen) atoms. The molecule has 8 heteroatoms. The first-order valence-corrected chi connectivity index (χ1v) is 6.26. The van der Waals surface area contributed by atoms with Crippen LogP contribution >= 0.6 is 0 Å². The van der Waals surface area contributed by atoms with E-state index in [4.69, 9.17) is 16.3 Å². The van der Waals surface area contributed by atoms with Crippen molar-refractivity contribution in [3.05, 3.63) is 63.2 Å². The van der Waals surface area contributed by atoms with Crippen molar-refractivity contribution >= 4 is 23.0 Å². The Hall–Kier alpha value is -3.91. The third kappa shape index (κ3) is 3.06. The molecule has 8 nitrogen and oxygen atoms in total. The molecule has 112 valence electrons. The van der Waals surface area contributed by atoms with Gasteiger partial charge in [-0.2, -0.15) is 10.5 Å². The van der Waals surface area contributed by atoms with Crippen LogP contribution in [0.1, 0.15) is 21.5 Å². The lowest BCUT2D eigenvalue weighted by molar-refractivity contribution is -0.383. The first-order chi connectivity index (χ1) is 11.0. The average Bonchev–Trinajstić information content (AvgIpc) is 2.54. The molecule has 0 aliphatic carbocycles. The van der Waals surface area contributed by atoms with E-state index < -0.39 is 10.8 Å². The summed E-state index contributed by atoms with van der Waals surface area (Å²) in [7, 11) is 0. The highest BCUT2D eigenvalue weighted by molar-refractivity contribution is 5.99. The fraction of sp³-hybridized carbons (Fsp3) is 0. The molecule has 0 bridgehead atoms. The van der Waals surface area contributed by atoms with Gasteiger partial charge in [-0.15, -0.1) is 0 Å². The van der Waals surface area contributed by atoms with Crippen molar-refractivity contribution in [3.63, 3.8) is 0 Å². The number of carbonyl (C=O) groups excluding carboxylic acids is 1. The number of para-hydroxylation sites is 1. The number of benzene rings is 2. The maximum absolute atomic E-state index is 11.4. The lowest BCUT2D eigenvalue weighted by Crippen LogP contribution is -2.13. The SMILES string of the molecule is N#Cc1cc(Nc2ccccc2C(N)=O)c([N+](=O)[O-])cc1C#N. The highest BCUT2D eigenvalue weighted by atomic mass is 16.6. The molecular formula is C15H9N5O3. The van der Waals surface area contributed by atoms with Crippen molar-refractivity contribution in [2.24, 2.45) is 5.73 Å². The summed E-state index contributed by atoms with van der Waals surface area (Å²) in [4.78, 5) is 21.9. The molecule has 0 aromatic heterocycles. The molecule has 0 aliphatic rings. The van der Waals surface area contributed by atoms with Crippen LogP contribution < -0.4 is 11.1 Å². The monoisotopic (exact) mass is 307 g/mol. The van der Waals surface area contributed by atoms with Crippen LogP contribution in [-0.4, -0.2) is 10.8 Å². The molecule has 0 heterocycles. The minimum absolute atomic E-state index is 0.0146. The van der Waals surface area contributed by atoms with Gasteiger partial charge in [0, 0.05) is 6.07 Å². The van der Waals surface area contributed by atoms with Crippen molar-refractivity contribution in [2.75, 3.05) is 5.32 Å². The number of anilines is 2. The molecule has 3 N–H and O–H groups in total. The van der Waals surface area contributed by atoms with Crippen molar-refractivity contribution in [1.29, 1.82) is 10.5 Å². The number of primary amides is 1. The number of carbonyl (C=O) groups is 1. The van der Waals surface area contributed by atoms with Crippen molar-refractivity contribution in [1.82, 2.24) is 0 Å². The second kappa shape index (κ2) is 6.24. The van der Waals surface area contributed by atoms with E-state index in [1.54, 1.807) is 24.3 Å². The van der Waals surface area contributed by atoms with Crippen LogP contribution in [0.5, 0.6) is 0 Å². The van der Waals surface area contributed by atoms with Gasteiger partial charge in [0.15, 0.2) is 0 Å². The van der Waals surface area contributed by atoms with Crippen LogP contribution in [-0.2, 0) is 0 Å². The van der Waals surface area contributed by atoms with E-state index in [0.29, 0.717) is 0 Å². The number of nitro benzene ring substituents is 1. The van der Waals surface area contributed by atoms with Gasteiger partial charge >= 0.3 is 0 Å². The van der Waals surface area contributed by atoms with Crippen LogP contribution in [0.15, 0.2) is 36.4 Å². The van der Waals surface area contributed by atoms with E-state index in [0.717, 1.165) is 6.07 Å². The Bertz CT molecular complexity index is 893. The summed E-state index contributed by atoms with van der Waals surface area (Å²) in [6, 6.07) is 11.9. The van der Waals surface area contributed by atoms with Gasteiger partial charge in [-0.05, 0) is 18.2 Å². The first kappa shape index (κ1) is 15.5. The number of nitrogens with two attached hydrogens (primary N) is 1. The van der Waals surface area contributed by atoms with Gasteiger partial charge in [-0.25, -0.2) is 0 Å². The van der Waals surface area contributed by atoms with Gasteiger partial charge in [0.25, 0.3) is 11.6 Å². The fourth-order valence-corrected chi connectivity index (χ4v) is 1.98. The van der Waals surface area contributed by atoms with E-state index in [2.05, 4.69) is 5.32 Å². The zero-order valence-electron chi connectivity index (χ0n) is 11.6. The zero-order chi connectivity index (χ0) is 17.0. The Morgan fingerprint density at radius 1 is 1.13 bits per heavy atom. The van der Waals surface area contributed by atoms with Crippen LogP contribution in [0.3, 0.4) is 0 Å². The Labute approximate surface area is 130 Å². The van der Waals surface area contributed by atoms with Gasteiger partial charge in [-0.3, -0.25) is 14.9 Å². The lowest BCUT2D eigenvalue weighted by Gasteiger charge is -2.11. The summed E-state index contributed by atoms with van der Waals surface area (Å²) in [6.07, 6.45) is 0. The number of nitro groups is 1. The molecule has 1 amide bonds. The highest BCUT2D eigenvalue weighted by Gasteiger charge is 2.20. The molecule has 0 radical (unpaired) electrons. The van der Waals surface area contributed by atoms with E-state index >= 15 is 0 Å². The number of hydrogen-bond donors (Lipinski definition) is 2. The van der Waals surface area contributed by atoms with Crippen molar-refractivity contribution in [3.8, 4) is 12.1 Å². The summed E-state index contributed by atoms with van der Waals surface area (Å²) >= 11 is 0. The first-order valence-electron chi connectivity index (χ1n) is 6.26. The predicted molar refractivity (Wildman–Crippen MR) is 80.8 cm³/mol. The molecule has 0 unspecified atom stereocenters. The molecule has 0 saturated heterocycles. The molecule has 0 atom stereocenters. The fourth-order valence-electron chi connectivity index (χ4n) is 1.98.